The zero-order valence-electron chi connectivity index (χ0n) is 6.16. The van der Waals surface area contributed by atoms with Crippen LogP contribution in [0.1, 0.15) is 0 Å². The van der Waals surface area contributed by atoms with E-state index in [1.807, 2.05) is 0 Å². The van der Waals surface area contributed by atoms with E-state index in [1.54, 1.807) is 0 Å². The van der Waals surface area contributed by atoms with Crippen LogP contribution in [-0.4, -0.2) is 13.5 Å². The number of nitrogens with two attached hydrogens (primary N) is 1. The van der Waals surface area contributed by atoms with Crippen molar-refractivity contribution in [3.63, 3.8) is 0 Å². The van der Waals surface area contributed by atoms with Crippen molar-refractivity contribution < 1.29 is 17.9 Å². The summed E-state index contributed by atoms with van der Waals surface area (Å²) in [6.07, 6.45) is 0. The number of phenolic OH excluding ortho intramolecular Hbond substituents is 1. The van der Waals surface area contributed by atoms with Gasteiger partial charge >= 0.3 is 0 Å². The smallest absolute Gasteiger partial charge is 0.241 e. The van der Waals surface area contributed by atoms with Gasteiger partial charge in [-0.05, 0) is 28.1 Å². The molecule has 0 aliphatic carbocycles. The largest absolute Gasteiger partial charge is 0.504 e. The van der Waals surface area contributed by atoms with Crippen molar-refractivity contribution in [3.05, 3.63) is 22.4 Å². The number of hydrogen-bond acceptors (Lipinski definition) is 3. The highest BCUT2D eigenvalue weighted by Gasteiger charge is 2.18. The SMILES string of the molecule is NS(=O)(=O)c1ccc(Br)c(F)c1O. The van der Waals surface area contributed by atoms with E-state index in [1.165, 1.54) is 0 Å². The Kier molecular flexibility index (Phi) is 2.60. The molecular formula is C6H5BrFNO3S. The van der Waals surface area contributed by atoms with Gasteiger partial charge in [0.15, 0.2) is 11.6 Å². The minimum Gasteiger partial charge on any atom is -0.504 e. The highest BCUT2D eigenvalue weighted by atomic mass is 79.9. The lowest BCUT2D eigenvalue weighted by atomic mass is 10.3. The first-order valence-corrected chi connectivity index (χ1v) is 5.37. The van der Waals surface area contributed by atoms with Gasteiger partial charge in [-0.25, -0.2) is 17.9 Å². The van der Waals surface area contributed by atoms with Gasteiger partial charge in [-0.15, -0.1) is 0 Å². The Morgan fingerprint density at radius 3 is 2.46 bits per heavy atom. The first kappa shape index (κ1) is 10.4. The molecule has 4 nitrogen and oxygen atoms in total. The van der Waals surface area contributed by atoms with Gasteiger partial charge in [0.2, 0.25) is 10.0 Å². The van der Waals surface area contributed by atoms with Gasteiger partial charge in [0.05, 0.1) is 4.47 Å². The maximum absolute atomic E-state index is 12.9. The Morgan fingerprint density at radius 2 is 2.00 bits per heavy atom. The molecule has 1 rings (SSSR count). The van der Waals surface area contributed by atoms with Crippen LogP contribution in [0.3, 0.4) is 0 Å². The maximum Gasteiger partial charge on any atom is 0.241 e. The predicted molar refractivity (Wildman–Crippen MR) is 47.1 cm³/mol. The molecule has 0 radical (unpaired) electrons. The van der Waals surface area contributed by atoms with E-state index in [0.717, 1.165) is 12.1 Å². The third-order valence-corrected chi connectivity index (χ3v) is 2.89. The monoisotopic (exact) mass is 269 g/mol. The first-order valence-electron chi connectivity index (χ1n) is 3.04. The van der Waals surface area contributed by atoms with Crippen LogP contribution in [0, 0.1) is 5.82 Å². The predicted octanol–water partition coefficient (Wildman–Crippen LogP) is 0.941. The van der Waals surface area contributed by atoms with Crippen LogP contribution < -0.4 is 5.14 Å². The average molecular weight is 270 g/mol. The van der Waals surface area contributed by atoms with E-state index in [2.05, 4.69) is 15.9 Å². The van der Waals surface area contributed by atoms with Crippen molar-refractivity contribution in [3.8, 4) is 5.75 Å². The highest BCUT2D eigenvalue weighted by molar-refractivity contribution is 9.10. The van der Waals surface area contributed by atoms with E-state index in [4.69, 9.17) is 10.2 Å². The van der Waals surface area contributed by atoms with Crippen molar-refractivity contribution in [2.45, 2.75) is 4.90 Å². The number of halogens is 2. The van der Waals surface area contributed by atoms with Crippen LogP contribution in [0.25, 0.3) is 0 Å². The quantitative estimate of drug-likeness (QED) is 0.796. The number of aromatic hydroxyl groups is 1. The van der Waals surface area contributed by atoms with Gasteiger partial charge in [-0.2, -0.15) is 0 Å². The molecular weight excluding hydrogens is 265 g/mol. The van der Waals surface area contributed by atoms with Crippen LogP contribution in [0.15, 0.2) is 21.5 Å². The molecule has 0 aliphatic heterocycles. The third-order valence-electron chi connectivity index (χ3n) is 1.34. The molecule has 1 aromatic rings. The normalized spacial score (nSPS) is 11.6. The van der Waals surface area contributed by atoms with Gasteiger partial charge in [0, 0.05) is 0 Å². The van der Waals surface area contributed by atoms with E-state index in [0.29, 0.717) is 0 Å². The molecule has 0 aromatic heterocycles. The fraction of sp³-hybridized carbons (Fsp3) is 0. The molecule has 1 aromatic carbocycles. The summed E-state index contributed by atoms with van der Waals surface area (Å²) < 4.78 is 34.4. The molecule has 0 spiro atoms. The standard InChI is InChI=1S/C6H5BrFNO3S/c7-3-1-2-4(13(9,11)12)6(10)5(3)8/h1-2,10H,(H2,9,11,12). The van der Waals surface area contributed by atoms with E-state index >= 15 is 0 Å². The Morgan fingerprint density at radius 1 is 1.46 bits per heavy atom. The molecule has 0 bridgehead atoms. The molecule has 0 saturated carbocycles. The fourth-order valence-corrected chi connectivity index (χ4v) is 1.69. The third kappa shape index (κ3) is 1.98. The average Bonchev–Trinajstić information content (AvgIpc) is 1.98. The van der Waals surface area contributed by atoms with E-state index in [-0.39, 0.29) is 4.47 Å². The van der Waals surface area contributed by atoms with Crippen molar-refractivity contribution >= 4 is 26.0 Å². The lowest BCUT2D eigenvalue weighted by Crippen LogP contribution is -2.12. The van der Waals surface area contributed by atoms with Crippen molar-refractivity contribution in [2.75, 3.05) is 0 Å². The number of hydrogen-bond donors (Lipinski definition) is 2. The van der Waals surface area contributed by atoms with Gasteiger partial charge in [0.1, 0.15) is 4.90 Å². The second-order valence-electron chi connectivity index (χ2n) is 2.25. The lowest BCUT2D eigenvalue weighted by Gasteiger charge is -2.03. The Labute approximate surface area is 82.4 Å². The van der Waals surface area contributed by atoms with Gasteiger partial charge < -0.3 is 5.11 Å². The van der Waals surface area contributed by atoms with Crippen LogP contribution in [0.2, 0.25) is 0 Å². The Hall–Kier alpha value is -0.660. The molecule has 0 saturated heterocycles. The maximum atomic E-state index is 12.9. The zero-order chi connectivity index (χ0) is 10.2. The zero-order valence-corrected chi connectivity index (χ0v) is 8.56. The van der Waals surface area contributed by atoms with Crippen LogP contribution in [0.4, 0.5) is 4.39 Å². The Balaban J connectivity index is 3.53. The summed E-state index contributed by atoms with van der Waals surface area (Å²) >= 11 is 2.78. The number of sulfonamides is 1. The summed E-state index contributed by atoms with van der Waals surface area (Å²) in [4.78, 5) is -0.631. The molecule has 3 N–H and O–H groups in total. The lowest BCUT2D eigenvalue weighted by molar-refractivity contribution is 0.415. The molecule has 0 atom stereocenters. The van der Waals surface area contributed by atoms with Gasteiger partial charge in [-0.1, -0.05) is 0 Å². The number of primary sulfonamides is 1. The summed E-state index contributed by atoms with van der Waals surface area (Å²) in [5, 5.41) is 13.8. The van der Waals surface area contributed by atoms with Crippen LogP contribution >= 0.6 is 15.9 Å². The molecule has 13 heavy (non-hydrogen) atoms. The van der Waals surface area contributed by atoms with E-state index < -0.39 is 26.5 Å². The summed E-state index contributed by atoms with van der Waals surface area (Å²) in [7, 11) is -4.08. The second kappa shape index (κ2) is 3.24. The van der Waals surface area contributed by atoms with E-state index in [9.17, 15) is 12.8 Å². The van der Waals surface area contributed by atoms with Crippen molar-refractivity contribution in [1.29, 1.82) is 0 Å². The molecule has 72 valence electrons. The minimum atomic E-state index is -4.08. The number of phenols is 1. The molecule has 0 fully saturated rings. The number of rotatable bonds is 1. The summed E-state index contributed by atoms with van der Waals surface area (Å²) in [5.74, 6) is -2.02. The van der Waals surface area contributed by atoms with Gasteiger partial charge in [-0.3, -0.25) is 0 Å². The molecule has 7 heteroatoms. The topological polar surface area (TPSA) is 80.4 Å². The molecule has 0 heterocycles. The minimum absolute atomic E-state index is 0.0302. The van der Waals surface area contributed by atoms with Gasteiger partial charge in [0.25, 0.3) is 0 Å². The summed E-state index contributed by atoms with van der Waals surface area (Å²) in [6.45, 7) is 0. The molecule has 0 amide bonds. The van der Waals surface area contributed by atoms with Crippen LogP contribution in [0.5, 0.6) is 5.75 Å². The fourth-order valence-electron chi connectivity index (χ4n) is 0.752. The summed E-state index contributed by atoms with van der Waals surface area (Å²) in [6, 6.07) is 2.16. The first-order chi connectivity index (χ1) is 5.84. The molecule has 0 unspecified atom stereocenters. The highest BCUT2D eigenvalue weighted by Crippen LogP contribution is 2.29. The summed E-state index contributed by atoms with van der Waals surface area (Å²) in [5.41, 5.74) is 0. The van der Waals surface area contributed by atoms with Crippen LogP contribution in [-0.2, 0) is 10.0 Å². The molecule has 0 aliphatic rings. The Bertz CT molecular complexity index is 445. The van der Waals surface area contributed by atoms with Crippen molar-refractivity contribution in [2.24, 2.45) is 5.14 Å². The van der Waals surface area contributed by atoms with Crippen molar-refractivity contribution in [1.82, 2.24) is 0 Å². The second-order valence-corrected chi connectivity index (χ2v) is 4.64. The number of benzene rings is 1.